The molecule has 5 rings (SSSR count). The number of hydrogen-bond donors (Lipinski definition) is 0. The lowest BCUT2D eigenvalue weighted by molar-refractivity contribution is 0.0448. The Morgan fingerprint density at radius 2 is 0.921 bits per heavy atom. The molecule has 0 aromatic heterocycles. The highest BCUT2D eigenvalue weighted by molar-refractivity contribution is 5.98. The molecule has 0 spiro atoms. The smallest absolute Gasteiger partial charge is 0.254 e. The van der Waals surface area contributed by atoms with Crippen LogP contribution >= 0.6 is 0 Å². The molecule has 0 bridgehead atoms. The largest absolute Gasteiger partial charge is 0.333 e. The van der Waals surface area contributed by atoms with E-state index < -0.39 is 0 Å². The Kier molecular flexibility index (Phi) is 8.90. The molecule has 2 aliphatic rings. The van der Waals surface area contributed by atoms with Crippen molar-refractivity contribution in [1.82, 2.24) is 9.80 Å². The van der Waals surface area contributed by atoms with Crippen LogP contribution in [0.25, 0.3) is 0 Å². The minimum Gasteiger partial charge on any atom is -0.333 e. The van der Waals surface area contributed by atoms with Crippen LogP contribution in [0.15, 0.2) is 84.9 Å². The first-order valence-corrected chi connectivity index (χ1v) is 14.5. The van der Waals surface area contributed by atoms with Crippen molar-refractivity contribution in [3.05, 3.63) is 107 Å². The lowest BCUT2D eigenvalue weighted by atomic mass is 9.88. The van der Waals surface area contributed by atoms with Crippen LogP contribution in [-0.4, -0.2) is 33.7 Å². The molecule has 3 aromatic rings. The monoisotopic (exact) mass is 508 g/mol. The normalized spacial score (nSPS) is 16.6. The van der Waals surface area contributed by atoms with Gasteiger partial charge in [-0.3, -0.25) is 9.59 Å². The molecular formula is C34H40N2O2. The van der Waals surface area contributed by atoms with Gasteiger partial charge in [0, 0.05) is 36.3 Å². The van der Waals surface area contributed by atoms with Gasteiger partial charge < -0.3 is 9.80 Å². The van der Waals surface area contributed by atoms with E-state index in [1.165, 1.54) is 38.5 Å². The molecule has 0 N–H and O–H groups in total. The highest BCUT2D eigenvalue weighted by atomic mass is 16.2. The average Bonchev–Trinajstić information content (AvgIpc) is 2.99. The second-order valence-electron chi connectivity index (χ2n) is 11.0. The van der Waals surface area contributed by atoms with Gasteiger partial charge in [0.2, 0.25) is 0 Å². The number of benzene rings is 3. The second kappa shape index (κ2) is 12.9. The summed E-state index contributed by atoms with van der Waals surface area (Å²) in [5.74, 6) is 0.126. The molecule has 0 aliphatic heterocycles. The molecule has 2 aliphatic carbocycles. The average molecular weight is 509 g/mol. The van der Waals surface area contributed by atoms with Crippen molar-refractivity contribution in [1.29, 1.82) is 0 Å². The number of carbonyl (C=O) groups is 2. The van der Waals surface area contributed by atoms with Crippen molar-refractivity contribution in [3.8, 4) is 0 Å². The number of nitrogens with zero attached hydrogens (tertiary/aromatic N) is 2. The fourth-order valence-electron chi connectivity index (χ4n) is 6.24. The van der Waals surface area contributed by atoms with Crippen LogP contribution in [0, 0.1) is 0 Å². The predicted molar refractivity (Wildman–Crippen MR) is 153 cm³/mol. The number of hydrogen-bond acceptors (Lipinski definition) is 2. The van der Waals surface area contributed by atoms with Crippen molar-refractivity contribution >= 4 is 11.8 Å². The van der Waals surface area contributed by atoms with Gasteiger partial charge in [-0.1, -0.05) is 99.2 Å². The van der Waals surface area contributed by atoms with Crippen LogP contribution in [0.3, 0.4) is 0 Å². The van der Waals surface area contributed by atoms with E-state index in [4.69, 9.17) is 0 Å². The van der Waals surface area contributed by atoms with E-state index in [0.717, 1.165) is 36.8 Å². The van der Waals surface area contributed by atoms with Gasteiger partial charge in [-0.25, -0.2) is 0 Å². The Hall–Kier alpha value is -3.40. The Labute approximate surface area is 227 Å². The van der Waals surface area contributed by atoms with Crippen LogP contribution in [0.4, 0.5) is 0 Å². The third-order valence-electron chi connectivity index (χ3n) is 8.27. The van der Waals surface area contributed by atoms with E-state index in [-0.39, 0.29) is 11.8 Å². The van der Waals surface area contributed by atoms with Gasteiger partial charge in [-0.15, -0.1) is 0 Å². The van der Waals surface area contributed by atoms with Crippen LogP contribution in [0.5, 0.6) is 0 Å². The Morgan fingerprint density at radius 3 is 1.34 bits per heavy atom. The molecule has 2 fully saturated rings. The molecule has 0 unspecified atom stereocenters. The van der Waals surface area contributed by atoms with Crippen LogP contribution in [-0.2, 0) is 13.1 Å². The molecule has 2 saturated carbocycles. The first-order valence-electron chi connectivity index (χ1n) is 14.5. The molecule has 0 atom stereocenters. The summed E-state index contributed by atoms with van der Waals surface area (Å²) in [7, 11) is 0. The molecule has 38 heavy (non-hydrogen) atoms. The van der Waals surface area contributed by atoms with Crippen LogP contribution in [0.1, 0.15) is 96.1 Å². The number of amides is 2. The Bertz CT molecular complexity index is 1100. The van der Waals surface area contributed by atoms with Crippen molar-refractivity contribution in [2.24, 2.45) is 0 Å². The highest BCUT2D eigenvalue weighted by Crippen LogP contribution is 2.31. The topological polar surface area (TPSA) is 40.6 Å². The van der Waals surface area contributed by atoms with E-state index in [2.05, 4.69) is 29.2 Å². The summed E-state index contributed by atoms with van der Waals surface area (Å²) in [6, 6.07) is 28.4. The molecule has 2 amide bonds. The second-order valence-corrected chi connectivity index (χ2v) is 11.0. The molecule has 0 heterocycles. The first-order chi connectivity index (χ1) is 18.7. The maximum absolute atomic E-state index is 13.9. The Balaban J connectivity index is 1.35. The van der Waals surface area contributed by atoms with Gasteiger partial charge in [0.25, 0.3) is 11.8 Å². The lowest BCUT2D eigenvalue weighted by Gasteiger charge is -2.42. The zero-order valence-corrected chi connectivity index (χ0v) is 22.4. The molecule has 0 radical (unpaired) electrons. The van der Waals surface area contributed by atoms with Gasteiger partial charge in [0.05, 0.1) is 0 Å². The standard InChI is InChI=1S/C34H40N2O2/c37-33(35(25-27-13-5-1-6-14-27)26-28-15-7-2-8-16-28)29-21-23-30(24-22-29)34(38)36(31-17-9-3-10-18-31)32-19-11-4-12-20-32/h1-2,5-8,13-16,21-24,31-32H,3-4,9-12,17-20,25-26H2. The minimum atomic E-state index is -0.0203. The first kappa shape index (κ1) is 26.2. The van der Waals surface area contributed by atoms with Gasteiger partial charge in [0.15, 0.2) is 0 Å². The lowest BCUT2D eigenvalue weighted by Crippen LogP contribution is -2.48. The quantitative estimate of drug-likeness (QED) is 0.314. The van der Waals surface area contributed by atoms with Crippen molar-refractivity contribution in [2.75, 3.05) is 0 Å². The summed E-state index contributed by atoms with van der Waals surface area (Å²) in [4.78, 5) is 31.7. The van der Waals surface area contributed by atoms with Crippen molar-refractivity contribution in [3.63, 3.8) is 0 Å². The van der Waals surface area contributed by atoms with Gasteiger partial charge in [-0.05, 0) is 61.1 Å². The van der Waals surface area contributed by atoms with Gasteiger partial charge >= 0.3 is 0 Å². The third kappa shape index (κ3) is 6.53. The summed E-state index contributed by atoms with van der Waals surface area (Å²) in [6.45, 7) is 1.07. The van der Waals surface area contributed by atoms with E-state index in [0.29, 0.717) is 36.3 Å². The van der Waals surface area contributed by atoms with E-state index >= 15 is 0 Å². The molecule has 198 valence electrons. The SMILES string of the molecule is O=C(c1ccc(C(=O)N(C2CCCCC2)C2CCCCC2)cc1)N(Cc1ccccc1)Cc1ccccc1. The molecule has 0 saturated heterocycles. The zero-order valence-electron chi connectivity index (χ0n) is 22.4. The molecule has 3 aromatic carbocycles. The molecular weight excluding hydrogens is 468 g/mol. The number of rotatable bonds is 8. The maximum Gasteiger partial charge on any atom is 0.254 e. The molecule has 4 heteroatoms. The van der Waals surface area contributed by atoms with E-state index in [9.17, 15) is 9.59 Å². The fraction of sp³-hybridized carbons (Fsp3) is 0.412. The van der Waals surface area contributed by atoms with Gasteiger partial charge in [0.1, 0.15) is 0 Å². The number of carbonyl (C=O) groups excluding carboxylic acids is 2. The summed E-state index contributed by atoms with van der Waals surface area (Å²) in [5, 5.41) is 0. The van der Waals surface area contributed by atoms with E-state index in [1.807, 2.05) is 65.6 Å². The predicted octanol–water partition coefficient (Wildman–Crippen LogP) is 7.64. The van der Waals surface area contributed by atoms with Crippen LogP contribution < -0.4 is 0 Å². The Morgan fingerprint density at radius 1 is 0.526 bits per heavy atom. The fourth-order valence-corrected chi connectivity index (χ4v) is 6.24. The van der Waals surface area contributed by atoms with E-state index in [1.54, 1.807) is 0 Å². The van der Waals surface area contributed by atoms with Crippen molar-refractivity contribution in [2.45, 2.75) is 89.4 Å². The minimum absolute atomic E-state index is 0.0203. The van der Waals surface area contributed by atoms with Crippen LogP contribution in [0.2, 0.25) is 0 Å². The zero-order chi connectivity index (χ0) is 26.2. The summed E-state index contributed by atoms with van der Waals surface area (Å²) >= 11 is 0. The summed E-state index contributed by atoms with van der Waals surface area (Å²) in [5.41, 5.74) is 3.52. The maximum atomic E-state index is 13.9. The highest BCUT2D eigenvalue weighted by Gasteiger charge is 2.33. The van der Waals surface area contributed by atoms with Crippen molar-refractivity contribution < 1.29 is 9.59 Å². The third-order valence-corrected chi connectivity index (χ3v) is 8.27. The van der Waals surface area contributed by atoms with Gasteiger partial charge in [-0.2, -0.15) is 0 Å². The summed E-state index contributed by atoms with van der Waals surface area (Å²) < 4.78 is 0. The summed E-state index contributed by atoms with van der Waals surface area (Å²) in [6.07, 6.45) is 11.9. The molecule has 4 nitrogen and oxygen atoms in total.